The molecule has 0 saturated carbocycles. The Hall–Kier alpha value is -3.74. The molecule has 7 heteroatoms. The predicted octanol–water partition coefficient (Wildman–Crippen LogP) is 2.83. The molecule has 1 heterocycles. The highest BCUT2D eigenvalue weighted by atomic mass is 16.5. The van der Waals surface area contributed by atoms with E-state index < -0.39 is 24.0 Å². The van der Waals surface area contributed by atoms with E-state index in [1.807, 2.05) is 6.07 Å². The molecule has 1 aliphatic heterocycles. The number of rotatable bonds is 7. The first-order chi connectivity index (χ1) is 13.9. The molecular weight excluding hydrogens is 372 g/mol. The third-order valence-corrected chi connectivity index (χ3v) is 4.29. The predicted molar refractivity (Wildman–Crippen MR) is 105 cm³/mol. The van der Waals surface area contributed by atoms with Gasteiger partial charge in [-0.3, -0.25) is 14.5 Å². The van der Waals surface area contributed by atoms with E-state index in [1.54, 1.807) is 61.5 Å². The highest BCUT2D eigenvalue weighted by Gasteiger charge is 2.34. The Morgan fingerprint density at radius 2 is 1.66 bits per heavy atom. The number of nitrogens with one attached hydrogen (secondary N) is 1. The number of benzene rings is 2. The molecule has 29 heavy (non-hydrogen) atoms. The monoisotopic (exact) mass is 392 g/mol. The van der Waals surface area contributed by atoms with E-state index in [-0.39, 0.29) is 24.4 Å². The highest BCUT2D eigenvalue weighted by molar-refractivity contribution is 6.13. The molecule has 148 valence electrons. The van der Waals surface area contributed by atoms with Crippen LogP contribution in [0.2, 0.25) is 0 Å². The molecule has 1 saturated heterocycles. The van der Waals surface area contributed by atoms with Gasteiger partial charge >= 0.3 is 12.0 Å². The van der Waals surface area contributed by atoms with Crippen LogP contribution in [0.3, 0.4) is 0 Å². The topological polar surface area (TPSA) is 92.8 Å². The van der Waals surface area contributed by atoms with Gasteiger partial charge in [-0.25, -0.2) is 9.59 Å². The van der Waals surface area contributed by atoms with E-state index >= 15 is 0 Å². The first kappa shape index (κ1) is 20.0. The number of hydrogen-bond acceptors (Lipinski definition) is 5. The number of esters is 1. The standard InChI is InChI=1S/C22H20N2O5/c1-15(12-19(25)17-10-6-3-7-11-17)29-20(26)13-18-21(27)24(22(28)23-18)14-16-8-4-2-5-9-16/h2-11,13,15H,12,14H2,1H3,(H,23,28)/b18-13-. The number of ketones is 1. The molecule has 3 amide bonds. The fraction of sp³-hybridized carbons (Fsp3) is 0.182. The summed E-state index contributed by atoms with van der Waals surface area (Å²) in [5.41, 5.74) is 1.16. The molecular formula is C22H20N2O5. The zero-order valence-electron chi connectivity index (χ0n) is 15.8. The molecule has 0 radical (unpaired) electrons. The Balaban J connectivity index is 1.58. The summed E-state index contributed by atoms with van der Waals surface area (Å²) in [6, 6.07) is 17.1. The number of hydrogen-bond donors (Lipinski definition) is 1. The Kier molecular flexibility index (Phi) is 6.19. The van der Waals surface area contributed by atoms with Crippen LogP contribution in [-0.4, -0.2) is 34.7 Å². The molecule has 3 rings (SSSR count). The van der Waals surface area contributed by atoms with Crippen molar-refractivity contribution in [3.63, 3.8) is 0 Å². The Morgan fingerprint density at radius 1 is 1.03 bits per heavy atom. The number of carbonyl (C=O) groups is 4. The van der Waals surface area contributed by atoms with Crippen molar-refractivity contribution in [3.8, 4) is 0 Å². The SMILES string of the molecule is CC(CC(=O)c1ccccc1)OC(=O)/C=C1\NC(=O)N(Cc2ccccc2)C1=O. The smallest absolute Gasteiger partial charge is 0.333 e. The van der Waals surface area contributed by atoms with E-state index in [4.69, 9.17) is 4.74 Å². The van der Waals surface area contributed by atoms with Crippen molar-refractivity contribution in [2.45, 2.75) is 26.0 Å². The van der Waals surface area contributed by atoms with Crippen LogP contribution in [0.25, 0.3) is 0 Å². The highest BCUT2D eigenvalue weighted by Crippen LogP contribution is 2.15. The molecule has 1 atom stereocenters. The zero-order valence-corrected chi connectivity index (χ0v) is 15.8. The minimum absolute atomic E-state index is 0.0133. The summed E-state index contributed by atoms with van der Waals surface area (Å²) in [7, 11) is 0. The van der Waals surface area contributed by atoms with Crippen LogP contribution in [0.1, 0.15) is 29.3 Å². The first-order valence-corrected chi connectivity index (χ1v) is 9.11. The maximum Gasteiger partial charge on any atom is 0.333 e. The third-order valence-electron chi connectivity index (χ3n) is 4.29. The van der Waals surface area contributed by atoms with Gasteiger partial charge in [0.2, 0.25) is 0 Å². The average molecular weight is 392 g/mol. The van der Waals surface area contributed by atoms with Gasteiger partial charge in [-0.2, -0.15) is 0 Å². The molecule has 7 nitrogen and oxygen atoms in total. The van der Waals surface area contributed by atoms with Crippen molar-refractivity contribution in [3.05, 3.63) is 83.6 Å². The van der Waals surface area contributed by atoms with Gasteiger partial charge in [-0.05, 0) is 12.5 Å². The van der Waals surface area contributed by atoms with Crippen LogP contribution >= 0.6 is 0 Å². The average Bonchev–Trinajstić information content (AvgIpc) is 2.96. The summed E-state index contributed by atoms with van der Waals surface area (Å²) in [5, 5.41) is 2.38. The van der Waals surface area contributed by atoms with Crippen molar-refractivity contribution in [1.82, 2.24) is 10.2 Å². The van der Waals surface area contributed by atoms with Crippen LogP contribution in [0.4, 0.5) is 4.79 Å². The van der Waals surface area contributed by atoms with Gasteiger partial charge < -0.3 is 10.1 Å². The first-order valence-electron chi connectivity index (χ1n) is 9.11. The fourth-order valence-electron chi connectivity index (χ4n) is 2.88. The van der Waals surface area contributed by atoms with Crippen molar-refractivity contribution in [2.24, 2.45) is 0 Å². The van der Waals surface area contributed by atoms with Crippen LogP contribution in [0.5, 0.6) is 0 Å². The van der Waals surface area contributed by atoms with Crippen LogP contribution < -0.4 is 5.32 Å². The molecule has 1 aliphatic rings. The maximum absolute atomic E-state index is 12.4. The second-order valence-corrected chi connectivity index (χ2v) is 6.61. The summed E-state index contributed by atoms with van der Waals surface area (Å²) in [4.78, 5) is 49.8. The van der Waals surface area contributed by atoms with Crippen molar-refractivity contribution in [2.75, 3.05) is 0 Å². The molecule has 0 aromatic heterocycles. The molecule has 0 spiro atoms. The lowest BCUT2D eigenvalue weighted by molar-refractivity contribution is -0.142. The number of carbonyl (C=O) groups excluding carboxylic acids is 4. The Labute approximate surface area is 168 Å². The molecule has 0 bridgehead atoms. The van der Waals surface area contributed by atoms with Gasteiger partial charge in [-0.15, -0.1) is 0 Å². The van der Waals surface area contributed by atoms with Crippen molar-refractivity contribution < 1.29 is 23.9 Å². The summed E-state index contributed by atoms with van der Waals surface area (Å²) in [5.74, 6) is -1.56. The van der Waals surface area contributed by atoms with E-state index in [1.165, 1.54) is 0 Å². The van der Waals surface area contributed by atoms with E-state index in [0.717, 1.165) is 16.5 Å². The van der Waals surface area contributed by atoms with Gasteiger partial charge in [0.05, 0.1) is 12.6 Å². The molecule has 1 N–H and O–H groups in total. The number of nitrogens with zero attached hydrogens (tertiary/aromatic N) is 1. The van der Waals surface area contributed by atoms with E-state index in [2.05, 4.69) is 5.32 Å². The van der Waals surface area contributed by atoms with E-state index in [9.17, 15) is 19.2 Å². The van der Waals surface area contributed by atoms with Crippen molar-refractivity contribution >= 4 is 23.7 Å². The second kappa shape index (κ2) is 8.97. The minimum atomic E-state index is -0.802. The molecule has 2 aromatic rings. The minimum Gasteiger partial charge on any atom is -0.459 e. The van der Waals surface area contributed by atoms with Crippen LogP contribution in [0.15, 0.2) is 72.4 Å². The van der Waals surface area contributed by atoms with Crippen LogP contribution in [0, 0.1) is 0 Å². The lowest BCUT2D eigenvalue weighted by Gasteiger charge is -2.12. The Morgan fingerprint density at radius 3 is 2.31 bits per heavy atom. The summed E-state index contributed by atoms with van der Waals surface area (Å²) >= 11 is 0. The normalized spacial score (nSPS) is 15.9. The zero-order chi connectivity index (χ0) is 20.8. The van der Waals surface area contributed by atoms with Gasteiger partial charge in [0.1, 0.15) is 11.8 Å². The summed E-state index contributed by atoms with van der Waals surface area (Å²) in [6.45, 7) is 1.69. The fourth-order valence-corrected chi connectivity index (χ4v) is 2.88. The number of imide groups is 1. The number of ether oxygens (including phenoxy) is 1. The molecule has 1 fully saturated rings. The molecule has 0 aliphatic carbocycles. The van der Waals surface area contributed by atoms with Crippen LogP contribution in [-0.2, 0) is 20.9 Å². The van der Waals surface area contributed by atoms with Crippen molar-refractivity contribution in [1.29, 1.82) is 0 Å². The number of urea groups is 1. The molecule has 1 unspecified atom stereocenters. The van der Waals surface area contributed by atoms with Gasteiger partial charge in [0, 0.05) is 12.0 Å². The van der Waals surface area contributed by atoms with E-state index in [0.29, 0.717) is 5.56 Å². The number of Topliss-reactive ketones (excluding diaryl/α,β-unsaturated/α-hetero) is 1. The Bertz CT molecular complexity index is 954. The van der Waals surface area contributed by atoms with Gasteiger partial charge in [-0.1, -0.05) is 60.7 Å². The lowest BCUT2D eigenvalue weighted by atomic mass is 10.1. The largest absolute Gasteiger partial charge is 0.459 e. The lowest BCUT2D eigenvalue weighted by Crippen LogP contribution is -2.30. The third kappa shape index (κ3) is 5.16. The van der Waals surface area contributed by atoms with Gasteiger partial charge in [0.15, 0.2) is 5.78 Å². The summed E-state index contributed by atoms with van der Waals surface area (Å²) < 4.78 is 5.18. The molecule has 2 aromatic carbocycles. The number of amides is 3. The maximum atomic E-state index is 12.4. The van der Waals surface area contributed by atoms with Gasteiger partial charge in [0.25, 0.3) is 5.91 Å². The second-order valence-electron chi connectivity index (χ2n) is 6.61. The quantitative estimate of drug-likeness (QED) is 0.339. The summed E-state index contributed by atoms with van der Waals surface area (Å²) in [6.07, 6.45) is 0.272.